The Bertz CT molecular complexity index is 1370. The van der Waals surface area contributed by atoms with E-state index in [2.05, 4.69) is 5.10 Å². The van der Waals surface area contributed by atoms with E-state index in [1.165, 1.54) is 10.6 Å². The van der Waals surface area contributed by atoms with Crippen LogP contribution in [0.3, 0.4) is 0 Å². The largest absolute Gasteiger partial charge is 0.328 e. The first-order chi connectivity index (χ1) is 14.4. The van der Waals surface area contributed by atoms with Crippen molar-refractivity contribution in [1.82, 2.24) is 23.9 Å². The fraction of sp³-hybridized carbons (Fsp3) is 0.333. The van der Waals surface area contributed by atoms with Gasteiger partial charge < -0.3 is 0 Å². The molecular weight excluding hydrogens is 400 g/mol. The average Bonchev–Trinajstić information content (AvgIpc) is 3.40. The molecule has 1 aliphatic rings. The minimum atomic E-state index is -0.117. The van der Waals surface area contributed by atoms with Crippen molar-refractivity contribution in [2.75, 3.05) is 11.4 Å². The van der Waals surface area contributed by atoms with Gasteiger partial charge in [0.15, 0.2) is 5.13 Å². The van der Waals surface area contributed by atoms with E-state index in [4.69, 9.17) is 4.98 Å². The molecule has 0 fully saturated rings. The molecule has 3 heterocycles. The molecule has 0 spiro atoms. The summed E-state index contributed by atoms with van der Waals surface area (Å²) < 4.78 is 5.05. The van der Waals surface area contributed by atoms with Crippen molar-refractivity contribution >= 4 is 33.4 Å². The number of aryl methyl sites for hydroxylation is 4. The van der Waals surface area contributed by atoms with Crippen molar-refractivity contribution in [2.45, 2.75) is 19.8 Å². The summed E-state index contributed by atoms with van der Waals surface area (Å²) in [6.45, 7) is 2.46. The van der Waals surface area contributed by atoms with E-state index in [0.717, 1.165) is 35.1 Å². The Labute approximate surface area is 177 Å². The number of rotatable bonds is 3. The predicted molar refractivity (Wildman–Crippen MR) is 117 cm³/mol. The van der Waals surface area contributed by atoms with Crippen LogP contribution in [-0.2, 0) is 34.0 Å². The Kier molecular flexibility index (Phi) is 4.18. The molecule has 0 saturated heterocycles. The van der Waals surface area contributed by atoms with Gasteiger partial charge in [-0.05, 0) is 38.0 Å². The van der Waals surface area contributed by atoms with Gasteiger partial charge >= 0.3 is 5.69 Å². The van der Waals surface area contributed by atoms with Gasteiger partial charge in [-0.2, -0.15) is 5.10 Å². The summed E-state index contributed by atoms with van der Waals surface area (Å²) in [6, 6.07) is 5.39. The number of hydrogen-bond donors (Lipinski definition) is 0. The summed E-state index contributed by atoms with van der Waals surface area (Å²) in [5, 5.41) is 5.07. The minimum Gasteiger partial charge on any atom is -0.295 e. The van der Waals surface area contributed by atoms with Crippen LogP contribution < -0.4 is 10.6 Å². The molecule has 8 nitrogen and oxygen atoms in total. The van der Waals surface area contributed by atoms with Crippen LogP contribution in [0.25, 0.3) is 22.3 Å². The molecule has 4 aromatic rings. The monoisotopic (exact) mass is 422 g/mol. The van der Waals surface area contributed by atoms with Crippen LogP contribution in [0.1, 0.15) is 27.9 Å². The molecule has 30 heavy (non-hydrogen) atoms. The highest BCUT2D eigenvalue weighted by Crippen LogP contribution is 2.39. The van der Waals surface area contributed by atoms with Gasteiger partial charge in [0, 0.05) is 49.4 Å². The molecule has 0 unspecified atom stereocenters. The minimum absolute atomic E-state index is 0.109. The Morgan fingerprint density at radius 2 is 1.93 bits per heavy atom. The molecule has 0 atom stereocenters. The smallest absolute Gasteiger partial charge is 0.295 e. The van der Waals surface area contributed by atoms with E-state index in [1.807, 2.05) is 30.9 Å². The normalized spacial score (nSPS) is 12.8. The molecule has 0 N–H and O–H groups in total. The summed E-state index contributed by atoms with van der Waals surface area (Å²) in [5.41, 5.74) is 5.16. The van der Waals surface area contributed by atoms with Gasteiger partial charge in [0.1, 0.15) is 0 Å². The van der Waals surface area contributed by atoms with E-state index in [0.29, 0.717) is 17.2 Å². The summed E-state index contributed by atoms with van der Waals surface area (Å²) in [5.74, 6) is -0.117. The van der Waals surface area contributed by atoms with Gasteiger partial charge in [-0.25, -0.2) is 9.78 Å². The number of fused-ring (bicyclic) bond motifs is 4. The van der Waals surface area contributed by atoms with Crippen LogP contribution in [-0.4, -0.2) is 36.4 Å². The van der Waals surface area contributed by atoms with Crippen molar-refractivity contribution in [1.29, 1.82) is 0 Å². The third-order valence-electron chi connectivity index (χ3n) is 5.90. The average molecular weight is 423 g/mol. The second-order valence-electron chi connectivity index (χ2n) is 7.55. The third-order valence-corrected chi connectivity index (χ3v) is 7.04. The molecule has 154 valence electrons. The van der Waals surface area contributed by atoms with Crippen LogP contribution in [0.2, 0.25) is 0 Å². The quantitative estimate of drug-likeness (QED) is 0.508. The number of thiazole rings is 1. The first kappa shape index (κ1) is 18.8. The molecule has 0 bridgehead atoms. The number of carbonyl (C=O) groups is 1. The second-order valence-corrected chi connectivity index (χ2v) is 8.61. The van der Waals surface area contributed by atoms with Crippen LogP contribution in [0, 0.1) is 0 Å². The van der Waals surface area contributed by atoms with Crippen molar-refractivity contribution in [3.05, 3.63) is 51.0 Å². The van der Waals surface area contributed by atoms with Crippen LogP contribution >= 0.6 is 11.3 Å². The lowest BCUT2D eigenvalue weighted by Crippen LogP contribution is -2.30. The fourth-order valence-electron chi connectivity index (χ4n) is 4.19. The molecule has 1 amide bonds. The Morgan fingerprint density at radius 3 is 2.70 bits per heavy atom. The maximum atomic E-state index is 13.4. The topological polar surface area (TPSA) is 78.0 Å². The van der Waals surface area contributed by atoms with E-state index in [9.17, 15) is 9.59 Å². The van der Waals surface area contributed by atoms with Gasteiger partial charge in [0.2, 0.25) is 0 Å². The summed E-state index contributed by atoms with van der Waals surface area (Å²) >= 11 is 1.57. The lowest BCUT2D eigenvalue weighted by molar-refractivity contribution is 0.0988. The number of hydrogen-bond acceptors (Lipinski definition) is 5. The number of aromatic nitrogens is 5. The van der Waals surface area contributed by atoms with E-state index in [1.54, 1.807) is 51.6 Å². The lowest BCUT2D eigenvalue weighted by Gasteiger charge is -2.18. The third kappa shape index (κ3) is 2.58. The highest BCUT2D eigenvalue weighted by molar-refractivity contribution is 7.16. The first-order valence-corrected chi connectivity index (χ1v) is 10.7. The summed E-state index contributed by atoms with van der Waals surface area (Å²) in [6.07, 6.45) is 3.70. The van der Waals surface area contributed by atoms with Crippen LogP contribution in [0.4, 0.5) is 5.13 Å². The van der Waals surface area contributed by atoms with Crippen LogP contribution in [0.15, 0.2) is 29.2 Å². The molecule has 3 aromatic heterocycles. The van der Waals surface area contributed by atoms with E-state index < -0.39 is 0 Å². The number of benzene rings is 1. The first-order valence-electron chi connectivity index (χ1n) is 9.89. The zero-order valence-electron chi connectivity index (χ0n) is 17.3. The number of nitrogens with zero attached hydrogens (tertiary/aromatic N) is 6. The SMILES string of the molecule is CCN(C(=O)c1ccc2c(c1)n(C)c(=O)n2C)c1nc2c(s1)CCc1c-2cnn1C. The molecule has 0 aliphatic heterocycles. The molecule has 9 heteroatoms. The van der Waals surface area contributed by atoms with Crippen molar-refractivity contribution in [3.8, 4) is 11.3 Å². The maximum absolute atomic E-state index is 13.4. The van der Waals surface area contributed by atoms with Gasteiger partial charge in [0.25, 0.3) is 5.91 Å². The Morgan fingerprint density at radius 1 is 1.17 bits per heavy atom. The van der Waals surface area contributed by atoms with Crippen molar-refractivity contribution in [2.24, 2.45) is 21.1 Å². The van der Waals surface area contributed by atoms with Gasteiger partial charge in [0.05, 0.1) is 22.9 Å². The Balaban J connectivity index is 1.55. The molecule has 5 rings (SSSR count). The van der Waals surface area contributed by atoms with E-state index >= 15 is 0 Å². The van der Waals surface area contributed by atoms with Gasteiger partial charge in [-0.15, -0.1) is 11.3 Å². The number of carbonyl (C=O) groups excluding carboxylic acids is 1. The van der Waals surface area contributed by atoms with Crippen molar-refractivity contribution < 1.29 is 4.79 Å². The standard InChI is InChI=1S/C21H22N6O2S/c1-5-27(19(28)12-6-7-15-16(10-12)25(3)21(29)24(15)2)20-23-18-13-11-22-26(4)14(13)8-9-17(18)30-20/h6-7,10-11H,5,8-9H2,1-4H3. The number of imidazole rings is 1. The van der Waals surface area contributed by atoms with Gasteiger partial charge in [-0.3, -0.25) is 23.5 Å². The van der Waals surface area contributed by atoms with E-state index in [-0.39, 0.29) is 11.6 Å². The number of anilines is 1. The molecule has 0 saturated carbocycles. The summed E-state index contributed by atoms with van der Waals surface area (Å²) in [4.78, 5) is 33.3. The zero-order valence-corrected chi connectivity index (χ0v) is 18.2. The second kappa shape index (κ2) is 6.66. The molecule has 0 radical (unpaired) electrons. The lowest BCUT2D eigenvalue weighted by atomic mass is 10.0. The van der Waals surface area contributed by atoms with Crippen LogP contribution in [0.5, 0.6) is 0 Å². The predicted octanol–water partition coefficient (Wildman–Crippen LogP) is 2.50. The molecular formula is C21H22N6O2S. The Hall–Kier alpha value is -3.20. The summed E-state index contributed by atoms with van der Waals surface area (Å²) in [7, 11) is 5.40. The fourth-order valence-corrected chi connectivity index (χ4v) is 5.32. The zero-order chi connectivity index (χ0) is 21.2. The molecule has 1 aliphatic carbocycles. The molecule has 1 aromatic carbocycles. The number of amides is 1. The van der Waals surface area contributed by atoms with Crippen molar-refractivity contribution in [3.63, 3.8) is 0 Å². The maximum Gasteiger partial charge on any atom is 0.328 e. The highest BCUT2D eigenvalue weighted by atomic mass is 32.1. The van der Waals surface area contributed by atoms with Gasteiger partial charge in [-0.1, -0.05) is 0 Å². The highest BCUT2D eigenvalue weighted by Gasteiger charge is 2.27.